The van der Waals surface area contributed by atoms with Crippen molar-refractivity contribution in [3.63, 3.8) is 0 Å². The van der Waals surface area contributed by atoms with Crippen LogP contribution in [0.1, 0.15) is 21.7 Å². The summed E-state index contributed by atoms with van der Waals surface area (Å²) in [4.78, 5) is 16.8. The highest BCUT2D eigenvalue weighted by Crippen LogP contribution is 2.17. The Labute approximate surface area is 150 Å². The molecule has 0 saturated heterocycles. The van der Waals surface area contributed by atoms with Crippen LogP contribution >= 0.6 is 0 Å². The molecule has 2 aromatic carbocycles. The average Bonchev–Trinajstić information content (AvgIpc) is 3.30. The number of aromatic nitrogens is 5. The quantitative estimate of drug-likeness (QED) is 0.581. The number of fused-ring (bicyclic) bond motifs is 1. The average molecular weight is 346 g/mol. The number of aromatic amines is 1. The molecule has 2 N–H and O–H groups in total. The summed E-state index contributed by atoms with van der Waals surface area (Å²) in [5, 5.41) is 16.0. The van der Waals surface area contributed by atoms with E-state index in [9.17, 15) is 4.79 Å². The standard InChI is InChI=1S/C19H18N6O/c1-13-6-8-15(9-7-13)25-23-18(22-24-25)19(26)20-11-10-14-12-21-17-5-3-2-4-16(14)17/h2-9,12,21H,10-11H2,1H3,(H,20,26). The van der Waals surface area contributed by atoms with Crippen molar-refractivity contribution in [3.8, 4) is 5.69 Å². The summed E-state index contributed by atoms with van der Waals surface area (Å²) >= 11 is 0. The van der Waals surface area contributed by atoms with Gasteiger partial charge in [-0.05, 0) is 42.3 Å². The first-order chi connectivity index (χ1) is 12.7. The van der Waals surface area contributed by atoms with Crippen molar-refractivity contribution in [1.29, 1.82) is 0 Å². The summed E-state index contributed by atoms with van der Waals surface area (Å²) < 4.78 is 0. The highest BCUT2D eigenvalue weighted by molar-refractivity contribution is 5.90. The Hall–Kier alpha value is -3.48. The Morgan fingerprint density at radius 3 is 2.81 bits per heavy atom. The number of hydrogen-bond donors (Lipinski definition) is 2. The number of para-hydroxylation sites is 1. The van der Waals surface area contributed by atoms with Gasteiger partial charge in [0, 0.05) is 23.6 Å². The minimum Gasteiger partial charge on any atom is -0.361 e. The number of tetrazole rings is 1. The molecule has 2 aromatic heterocycles. The lowest BCUT2D eigenvalue weighted by Crippen LogP contribution is -2.26. The minimum absolute atomic E-state index is 0.0597. The molecule has 0 bridgehead atoms. The van der Waals surface area contributed by atoms with Crippen molar-refractivity contribution in [3.05, 3.63) is 71.7 Å². The highest BCUT2D eigenvalue weighted by Gasteiger charge is 2.13. The maximum atomic E-state index is 12.2. The topological polar surface area (TPSA) is 88.5 Å². The van der Waals surface area contributed by atoms with Crippen LogP contribution in [0.15, 0.2) is 54.7 Å². The molecule has 0 unspecified atom stereocenters. The van der Waals surface area contributed by atoms with Crippen LogP contribution in [-0.4, -0.2) is 37.6 Å². The molecule has 26 heavy (non-hydrogen) atoms. The summed E-state index contributed by atoms with van der Waals surface area (Å²) in [7, 11) is 0. The summed E-state index contributed by atoms with van der Waals surface area (Å²) in [6.45, 7) is 2.50. The molecule has 0 aliphatic heterocycles. The van der Waals surface area contributed by atoms with Gasteiger partial charge < -0.3 is 10.3 Å². The van der Waals surface area contributed by atoms with E-state index in [0.717, 1.165) is 28.8 Å². The first-order valence-corrected chi connectivity index (χ1v) is 8.41. The molecule has 0 fully saturated rings. The summed E-state index contributed by atoms with van der Waals surface area (Å²) in [6, 6.07) is 15.8. The predicted octanol–water partition coefficient (Wildman–Crippen LogP) is 2.42. The van der Waals surface area contributed by atoms with Gasteiger partial charge in [-0.15, -0.1) is 15.0 Å². The van der Waals surface area contributed by atoms with Crippen LogP contribution in [0.25, 0.3) is 16.6 Å². The van der Waals surface area contributed by atoms with E-state index in [1.807, 2.05) is 55.6 Å². The number of benzene rings is 2. The van der Waals surface area contributed by atoms with Gasteiger partial charge in [0.15, 0.2) is 0 Å². The molecule has 2 heterocycles. The highest BCUT2D eigenvalue weighted by atomic mass is 16.2. The Balaban J connectivity index is 1.39. The van der Waals surface area contributed by atoms with E-state index in [0.29, 0.717) is 6.54 Å². The van der Waals surface area contributed by atoms with Gasteiger partial charge in [0.1, 0.15) is 0 Å². The Bertz CT molecular complexity index is 1050. The lowest BCUT2D eigenvalue weighted by atomic mass is 10.1. The van der Waals surface area contributed by atoms with Gasteiger partial charge in [0.2, 0.25) is 0 Å². The van der Waals surface area contributed by atoms with Gasteiger partial charge in [-0.2, -0.15) is 0 Å². The lowest BCUT2D eigenvalue weighted by molar-refractivity contribution is 0.0943. The van der Waals surface area contributed by atoms with Gasteiger partial charge >= 0.3 is 0 Å². The molecule has 7 nitrogen and oxygen atoms in total. The number of H-pyrrole nitrogens is 1. The fourth-order valence-corrected chi connectivity index (χ4v) is 2.82. The molecule has 130 valence electrons. The zero-order valence-corrected chi connectivity index (χ0v) is 14.3. The van der Waals surface area contributed by atoms with Crippen molar-refractivity contribution in [2.45, 2.75) is 13.3 Å². The second kappa shape index (κ2) is 6.79. The van der Waals surface area contributed by atoms with Crippen molar-refractivity contribution >= 4 is 16.8 Å². The first kappa shape index (κ1) is 16.0. The van der Waals surface area contributed by atoms with Gasteiger partial charge in [-0.3, -0.25) is 4.79 Å². The number of carbonyl (C=O) groups excluding carboxylic acids is 1. The number of nitrogens with one attached hydrogen (secondary N) is 2. The molecule has 1 amide bonds. The number of rotatable bonds is 5. The molecule has 7 heteroatoms. The predicted molar refractivity (Wildman–Crippen MR) is 98.2 cm³/mol. The van der Waals surface area contributed by atoms with Gasteiger partial charge in [0.05, 0.1) is 5.69 Å². The normalized spacial score (nSPS) is 11.0. The monoisotopic (exact) mass is 346 g/mol. The van der Waals surface area contributed by atoms with Crippen LogP contribution in [0.2, 0.25) is 0 Å². The van der Waals surface area contributed by atoms with Gasteiger partial charge in [-0.1, -0.05) is 35.9 Å². The second-order valence-corrected chi connectivity index (χ2v) is 6.10. The van der Waals surface area contributed by atoms with Crippen LogP contribution in [0.5, 0.6) is 0 Å². The van der Waals surface area contributed by atoms with E-state index in [1.165, 1.54) is 10.2 Å². The fraction of sp³-hybridized carbons (Fsp3) is 0.158. The molecule has 4 aromatic rings. The van der Waals surface area contributed by atoms with Crippen LogP contribution in [0.4, 0.5) is 0 Å². The third-order valence-electron chi connectivity index (χ3n) is 4.24. The third kappa shape index (κ3) is 3.19. The van der Waals surface area contributed by atoms with E-state index in [1.54, 1.807) is 0 Å². The van der Waals surface area contributed by atoms with E-state index < -0.39 is 0 Å². The van der Waals surface area contributed by atoms with Crippen LogP contribution in [0.3, 0.4) is 0 Å². The summed E-state index contributed by atoms with van der Waals surface area (Å²) in [5.41, 5.74) is 4.17. The molecule has 0 saturated carbocycles. The number of carbonyl (C=O) groups is 1. The number of nitrogens with zero attached hydrogens (tertiary/aromatic N) is 4. The smallest absolute Gasteiger partial charge is 0.292 e. The summed E-state index contributed by atoms with van der Waals surface area (Å²) in [6.07, 6.45) is 2.70. The Morgan fingerprint density at radius 1 is 1.15 bits per heavy atom. The second-order valence-electron chi connectivity index (χ2n) is 6.10. The Kier molecular flexibility index (Phi) is 4.18. The van der Waals surface area contributed by atoms with Crippen LogP contribution in [-0.2, 0) is 6.42 Å². The van der Waals surface area contributed by atoms with Crippen LogP contribution in [0, 0.1) is 6.92 Å². The van der Waals surface area contributed by atoms with E-state index in [-0.39, 0.29) is 11.7 Å². The molecular weight excluding hydrogens is 328 g/mol. The van der Waals surface area contributed by atoms with E-state index in [4.69, 9.17) is 0 Å². The first-order valence-electron chi connectivity index (χ1n) is 8.41. The van der Waals surface area contributed by atoms with E-state index in [2.05, 4.69) is 31.8 Å². The summed E-state index contributed by atoms with van der Waals surface area (Å²) in [5.74, 6) is -0.271. The van der Waals surface area contributed by atoms with E-state index >= 15 is 0 Å². The van der Waals surface area contributed by atoms with Gasteiger partial charge in [0.25, 0.3) is 11.7 Å². The van der Waals surface area contributed by atoms with Crippen molar-refractivity contribution < 1.29 is 4.79 Å². The largest absolute Gasteiger partial charge is 0.361 e. The zero-order valence-electron chi connectivity index (χ0n) is 14.3. The SMILES string of the molecule is Cc1ccc(-n2nnc(C(=O)NCCc3c[nH]c4ccccc34)n2)cc1. The molecule has 0 radical (unpaired) electrons. The Morgan fingerprint density at radius 2 is 1.96 bits per heavy atom. The molecule has 4 rings (SSSR count). The molecule has 0 atom stereocenters. The lowest BCUT2D eigenvalue weighted by Gasteiger charge is -2.02. The number of aryl methyl sites for hydroxylation is 1. The fourth-order valence-electron chi connectivity index (χ4n) is 2.82. The van der Waals surface area contributed by atoms with Crippen LogP contribution < -0.4 is 5.32 Å². The maximum Gasteiger partial charge on any atom is 0.292 e. The molecule has 0 aliphatic carbocycles. The number of hydrogen-bond acceptors (Lipinski definition) is 4. The maximum absolute atomic E-state index is 12.2. The van der Waals surface area contributed by atoms with Crippen molar-refractivity contribution in [1.82, 2.24) is 30.5 Å². The molecule has 0 spiro atoms. The van der Waals surface area contributed by atoms with Gasteiger partial charge in [-0.25, -0.2) is 0 Å². The molecule has 0 aliphatic rings. The number of amides is 1. The third-order valence-corrected chi connectivity index (χ3v) is 4.24. The minimum atomic E-state index is -0.330. The molecular formula is C19H18N6O. The van der Waals surface area contributed by atoms with Crippen molar-refractivity contribution in [2.24, 2.45) is 0 Å². The van der Waals surface area contributed by atoms with Crippen molar-refractivity contribution in [2.75, 3.05) is 6.54 Å². The zero-order chi connectivity index (χ0) is 17.9.